The molecule has 0 aliphatic rings. The molecule has 35 heavy (non-hydrogen) atoms. The van der Waals surface area contributed by atoms with Gasteiger partial charge in [-0.3, -0.25) is 4.79 Å². The number of aromatic nitrogens is 2. The highest BCUT2D eigenvalue weighted by Crippen LogP contribution is 2.27. The van der Waals surface area contributed by atoms with E-state index in [9.17, 15) is 18.4 Å². The Balaban J connectivity index is 1.42. The first-order valence-corrected chi connectivity index (χ1v) is 10.6. The Bertz CT molecular complexity index is 1350. The number of benzene rings is 2. The van der Waals surface area contributed by atoms with Gasteiger partial charge in [-0.15, -0.1) is 0 Å². The number of fused-ring (bicyclic) bond motifs is 1. The van der Waals surface area contributed by atoms with Crippen LogP contribution in [0.25, 0.3) is 22.4 Å². The number of halogens is 2. The predicted octanol–water partition coefficient (Wildman–Crippen LogP) is 4.58. The predicted molar refractivity (Wildman–Crippen MR) is 122 cm³/mol. The molecule has 0 saturated heterocycles. The Morgan fingerprint density at radius 3 is 2.46 bits per heavy atom. The van der Waals surface area contributed by atoms with Crippen molar-refractivity contribution in [1.29, 1.82) is 0 Å². The highest BCUT2D eigenvalue weighted by molar-refractivity contribution is 6.04. The van der Waals surface area contributed by atoms with Gasteiger partial charge < -0.3 is 19.3 Å². The van der Waals surface area contributed by atoms with Crippen LogP contribution >= 0.6 is 0 Å². The number of hydrogen-bond donors (Lipinski definition) is 1. The van der Waals surface area contributed by atoms with E-state index >= 15 is 0 Å². The quantitative estimate of drug-likeness (QED) is 0.368. The van der Waals surface area contributed by atoms with E-state index in [0.29, 0.717) is 22.3 Å². The molecule has 0 atom stereocenters. The first-order valence-electron chi connectivity index (χ1n) is 10.6. The topological polar surface area (TPSA) is 104 Å². The molecule has 2 aromatic heterocycles. The molecule has 2 aromatic carbocycles. The number of amides is 1. The third-order valence-electron chi connectivity index (χ3n) is 5.16. The second-order valence-corrected chi connectivity index (χ2v) is 7.74. The van der Waals surface area contributed by atoms with E-state index in [1.54, 1.807) is 25.1 Å². The van der Waals surface area contributed by atoms with Crippen molar-refractivity contribution in [3.8, 4) is 17.0 Å². The number of hydrogen-bond acceptors (Lipinski definition) is 7. The smallest absolute Gasteiger partial charge is 0.387 e. The second-order valence-electron chi connectivity index (χ2n) is 7.74. The van der Waals surface area contributed by atoms with E-state index in [4.69, 9.17) is 9.26 Å². The van der Waals surface area contributed by atoms with Crippen LogP contribution in [0.3, 0.4) is 0 Å². The number of aryl methyl sites for hydroxylation is 2. The van der Waals surface area contributed by atoms with Crippen LogP contribution < -0.4 is 10.1 Å². The number of carbonyl (C=O) groups is 2. The molecule has 1 amide bonds. The van der Waals surface area contributed by atoms with Gasteiger partial charge in [-0.1, -0.05) is 47.1 Å². The van der Waals surface area contributed by atoms with E-state index in [0.717, 1.165) is 11.1 Å². The Labute approximate surface area is 198 Å². The maximum absolute atomic E-state index is 12.9. The molecule has 0 bridgehead atoms. The maximum atomic E-state index is 12.9. The SMILES string of the molecule is Cc1ccc(-c2cc(C(=O)OCC(=O)NCc3ccc(OC(F)F)cc3)c3c(C)noc3n2)cc1. The normalized spacial score (nSPS) is 11.0. The molecule has 0 spiro atoms. The van der Waals surface area contributed by atoms with Gasteiger partial charge >= 0.3 is 12.6 Å². The summed E-state index contributed by atoms with van der Waals surface area (Å²) in [6.07, 6.45) is 0. The van der Waals surface area contributed by atoms with Crippen LogP contribution in [0.15, 0.2) is 59.1 Å². The first kappa shape index (κ1) is 23.8. The fraction of sp³-hybridized carbons (Fsp3) is 0.200. The molecule has 10 heteroatoms. The number of carbonyl (C=O) groups excluding carboxylic acids is 2. The Morgan fingerprint density at radius 2 is 1.77 bits per heavy atom. The number of nitrogens with zero attached hydrogens (tertiary/aromatic N) is 2. The summed E-state index contributed by atoms with van der Waals surface area (Å²) in [5.41, 5.74) is 3.87. The number of esters is 1. The van der Waals surface area contributed by atoms with Gasteiger partial charge in [-0.25, -0.2) is 9.78 Å². The molecule has 0 fully saturated rings. The molecule has 4 rings (SSSR count). The Hall–Kier alpha value is -4.34. The van der Waals surface area contributed by atoms with Crippen molar-refractivity contribution in [3.63, 3.8) is 0 Å². The molecule has 0 saturated carbocycles. The molecule has 4 aromatic rings. The van der Waals surface area contributed by atoms with Gasteiger partial charge in [-0.05, 0) is 37.6 Å². The van der Waals surface area contributed by atoms with Gasteiger partial charge in [0, 0.05) is 12.1 Å². The molecule has 0 unspecified atom stereocenters. The lowest BCUT2D eigenvalue weighted by Crippen LogP contribution is -2.28. The summed E-state index contributed by atoms with van der Waals surface area (Å²) in [4.78, 5) is 29.5. The van der Waals surface area contributed by atoms with Crippen LogP contribution in [0.1, 0.15) is 27.2 Å². The van der Waals surface area contributed by atoms with Gasteiger partial charge in [0.1, 0.15) is 5.75 Å². The molecular formula is C25H21F2N3O5. The van der Waals surface area contributed by atoms with Crippen molar-refractivity contribution >= 4 is 23.0 Å². The molecule has 0 aliphatic carbocycles. The first-order chi connectivity index (χ1) is 16.8. The van der Waals surface area contributed by atoms with Crippen molar-refractivity contribution in [2.24, 2.45) is 0 Å². The summed E-state index contributed by atoms with van der Waals surface area (Å²) in [5, 5.41) is 6.91. The summed E-state index contributed by atoms with van der Waals surface area (Å²) in [5.74, 6) is -1.24. The van der Waals surface area contributed by atoms with E-state index in [1.165, 1.54) is 12.1 Å². The number of rotatable bonds is 8. The summed E-state index contributed by atoms with van der Waals surface area (Å²) in [6, 6.07) is 15.0. The highest BCUT2D eigenvalue weighted by atomic mass is 19.3. The van der Waals surface area contributed by atoms with Crippen LogP contribution in [0.4, 0.5) is 8.78 Å². The average molecular weight is 481 g/mol. The van der Waals surface area contributed by atoms with E-state index in [2.05, 4.69) is 20.2 Å². The molecule has 2 heterocycles. The molecule has 8 nitrogen and oxygen atoms in total. The number of nitrogens with one attached hydrogen (secondary N) is 1. The molecule has 1 N–H and O–H groups in total. The highest BCUT2D eigenvalue weighted by Gasteiger charge is 2.21. The van der Waals surface area contributed by atoms with Gasteiger partial charge in [0.15, 0.2) is 6.61 Å². The third kappa shape index (κ3) is 5.78. The van der Waals surface area contributed by atoms with Crippen molar-refractivity contribution in [1.82, 2.24) is 15.5 Å². The third-order valence-corrected chi connectivity index (χ3v) is 5.16. The molecule has 0 aliphatic heterocycles. The van der Waals surface area contributed by atoms with Crippen molar-refractivity contribution < 1.29 is 32.4 Å². The zero-order chi connectivity index (χ0) is 24.9. The van der Waals surface area contributed by atoms with Gasteiger partial charge in [0.2, 0.25) is 0 Å². The van der Waals surface area contributed by atoms with E-state index in [1.807, 2.05) is 31.2 Å². The molecule has 0 radical (unpaired) electrons. The largest absolute Gasteiger partial charge is 0.452 e. The average Bonchev–Trinajstić information content (AvgIpc) is 3.22. The lowest BCUT2D eigenvalue weighted by molar-refractivity contribution is -0.124. The van der Waals surface area contributed by atoms with E-state index < -0.39 is 25.1 Å². The minimum atomic E-state index is -2.91. The lowest BCUT2D eigenvalue weighted by Gasteiger charge is -2.09. The van der Waals surface area contributed by atoms with Crippen LogP contribution in [0.5, 0.6) is 5.75 Å². The zero-order valence-electron chi connectivity index (χ0n) is 18.9. The fourth-order valence-corrected chi connectivity index (χ4v) is 3.38. The Morgan fingerprint density at radius 1 is 1.06 bits per heavy atom. The van der Waals surface area contributed by atoms with Crippen LogP contribution in [-0.4, -0.2) is 35.2 Å². The lowest BCUT2D eigenvalue weighted by atomic mass is 10.0. The Kier molecular flexibility index (Phi) is 7.00. The number of pyridine rings is 1. The summed E-state index contributed by atoms with van der Waals surface area (Å²) >= 11 is 0. The van der Waals surface area contributed by atoms with Gasteiger partial charge in [0.25, 0.3) is 11.6 Å². The van der Waals surface area contributed by atoms with E-state index in [-0.39, 0.29) is 23.6 Å². The van der Waals surface area contributed by atoms with Crippen LogP contribution in [-0.2, 0) is 16.1 Å². The summed E-state index contributed by atoms with van der Waals surface area (Å²) in [7, 11) is 0. The minimum Gasteiger partial charge on any atom is -0.452 e. The van der Waals surface area contributed by atoms with Crippen molar-refractivity contribution in [3.05, 3.63) is 77.0 Å². The number of ether oxygens (including phenoxy) is 2. The summed E-state index contributed by atoms with van der Waals surface area (Å²) in [6.45, 7) is 0.337. The van der Waals surface area contributed by atoms with Crippen molar-refractivity contribution in [2.45, 2.75) is 27.0 Å². The molecular weight excluding hydrogens is 460 g/mol. The second kappa shape index (κ2) is 10.3. The van der Waals surface area contributed by atoms with Gasteiger partial charge in [0.05, 0.1) is 22.3 Å². The maximum Gasteiger partial charge on any atom is 0.387 e. The van der Waals surface area contributed by atoms with Crippen molar-refractivity contribution in [2.75, 3.05) is 6.61 Å². The fourth-order valence-electron chi connectivity index (χ4n) is 3.38. The van der Waals surface area contributed by atoms with Crippen LogP contribution in [0, 0.1) is 13.8 Å². The zero-order valence-corrected chi connectivity index (χ0v) is 18.9. The molecule has 180 valence electrons. The standard InChI is InChI=1S/C25H21F2N3O5/c1-14-3-7-17(8-4-14)20-11-19(22-15(2)30-35-23(22)29-20)24(32)33-13-21(31)28-12-16-5-9-18(10-6-16)34-25(26)27/h3-11,25H,12-13H2,1-2H3,(H,28,31). The number of alkyl halides is 2. The summed E-state index contributed by atoms with van der Waals surface area (Å²) < 4.78 is 39.2. The van der Waals surface area contributed by atoms with Gasteiger partial charge in [-0.2, -0.15) is 8.78 Å². The minimum absolute atomic E-state index is 0.0155. The monoisotopic (exact) mass is 481 g/mol. The van der Waals surface area contributed by atoms with Crippen LogP contribution in [0.2, 0.25) is 0 Å².